The van der Waals surface area contributed by atoms with E-state index in [9.17, 15) is 4.79 Å². The highest BCUT2D eigenvalue weighted by molar-refractivity contribution is 6.04. The normalized spacial score (nSPS) is 16.9. The van der Waals surface area contributed by atoms with E-state index in [-0.39, 0.29) is 12.1 Å². The smallest absolute Gasteiger partial charge is 0.322 e. The summed E-state index contributed by atoms with van der Waals surface area (Å²) >= 11 is 0. The van der Waals surface area contributed by atoms with Gasteiger partial charge in [0.05, 0.1) is 12.7 Å². The molecule has 2 aliphatic heterocycles. The molecule has 0 aliphatic carbocycles. The van der Waals surface area contributed by atoms with Crippen molar-refractivity contribution in [3.8, 4) is 17.2 Å². The summed E-state index contributed by atoms with van der Waals surface area (Å²) in [6.45, 7) is 8.13. The lowest BCUT2D eigenvalue weighted by Crippen LogP contribution is -2.56. The number of fused-ring (bicyclic) bond motifs is 2. The molecule has 180 valence electrons. The van der Waals surface area contributed by atoms with Gasteiger partial charge in [0.2, 0.25) is 0 Å². The Labute approximate surface area is 206 Å². The van der Waals surface area contributed by atoms with Gasteiger partial charge < -0.3 is 24.6 Å². The van der Waals surface area contributed by atoms with E-state index in [4.69, 9.17) is 14.5 Å². The summed E-state index contributed by atoms with van der Waals surface area (Å²) in [6.07, 6.45) is 0. The monoisotopic (exact) mass is 470 g/mol. The van der Waals surface area contributed by atoms with Gasteiger partial charge in [-0.2, -0.15) is 0 Å². The Hall–Kier alpha value is -4.00. The van der Waals surface area contributed by atoms with Crippen molar-refractivity contribution in [1.82, 2.24) is 9.80 Å². The van der Waals surface area contributed by atoms with Gasteiger partial charge in [0.15, 0.2) is 5.75 Å². The second kappa shape index (κ2) is 9.33. The minimum atomic E-state index is -0.106. The fraction of sp³-hybridized carbons (Fsp3) is 0.286. The lowest BCUT2D eigenvalue weighted by molar-refractivity contribution is 0.145. The first-order valence-electron chi connectivity index (χ1n) is 11.9. The number of benzene rings is 3. The number of nitrogens with zero attached hydrogens (tertiary/aromatic N) is 3. The number of methoxy groups -OCH3 is 1. The summed E-state index contributed by atoms with van der Waals surface area (Å²) in [6, 6.07) is 19.5. The number of urea groups is 1. The highest BCUT2D eigenvalue weighted by Crippen LogP contribution is 2.39. The Bertz CT molecular complexity index is 1290. The molecule has 2 aliphatic rings. The predicted molar refractivity (Wildman–Crippen MR) is 138 cm³/mol. The van der Waals surface area contributed by atoms with Crippen molar-refractivity contribution in [2.45, 2.75) is 26.8 Å². The third kappa shape index (κ3) is 4.67. The van der Waals surface area contributed by atoms with Crippen LogP contribution in [0.15, 0.2) is 65.7 Å². The first-order chi connectivity index (χ1) is 16.9. The number of nitrogens with one attached hydrogen (secondary N) is 1. The molecule has 1 saturated heterocycles. The molecule has 0 saturated carbocycles. The number of carbonyl (C=O) groups excluding carboxylic acids is 1. The number of hydrogen-bond donors (Lipinski definition) is 1. The van der Waals surface area contributed by atoms with Crippen LogP contribution < -0.4 is 14.8 Å². The Balaban J connectivity index is 1.38. The Morgan fingerprint density at radius 3 is 2.49 bits per heavy atom. The number of piperazine rings is 1. The number of hydrogen-bond acceptors (Lipinski definition) is 5. The van der Waals surface area contributed by atoms with Crippen molar-refractivity contribution in [3.63, 3.8) is 0 Å². The molecule has 0 radical (unpaired) electrons. The number of amidine groups is 1. The predicted octanol–water partition coefficient (Wildman–Crippen LogP) is 5.73. The number of ether oxygens (including phenoxy) is 2. The SMILES string of the molecule is COc1ccc(NC(=O)N2CCN(C3=Nc4ccc(C)cc4Oc4ccc(C)cc43)C[C@H]2C)cc1. The third-order valence-electron chi connectivity index (χ3n) is 6.47. The first-order valence-corrected chi connectivity index (χ1v) is 11.9. The van der Waals surface area contributed by atoms with E-state index in [1.165, 1.54) is 0 Å². The van der Waals surface area contributed by atoms with Gasteiger partial charge >= 0.3 is 6.03 Å². The summed E-state index contributed by atoms with van der Waals surface area (Å²) < 4.78 is 11.5. The van der Waals surface area contributed by atoms with E-state index in [1.54, 1.807) is 7.11 Å². The summed E-state index contributed by atoms with van der Waals surface area (Å²) in [5.41, 5.74) is 4.80. The molecular formula is C28H30N4O3. The summed E-state index contributed by atoms with van der Waals surface area (Å²) in [5.74, 6) is 3.19. The lowest BCUT2D eigenvalue weighted by atomic mass is 10.1. The van der Waals surface area contributed by atoms with Crippen molar-refractivity contribution in [3.05, 3.63) is 77.4 Å². The van der Waals surface area contributed by atoms with Crippen LogP contribution in [0.3, 0.4) is 0 Å². The average molecular weight is 471 g/mol. The van der Waals surface area contributed by atoms with Crippen LogP contribution in [-0.2, 0) is 0 Å². The molecule has 3 aromatic carbocycles. The van der Waals surface area contributed by atoms with Crippen molar-refractivity contribution < 1.29 is 14.3 Å². The van der Waals surface area contributed by atoms with E-state index in [0.29, 0.717) is 19.6 Å². The van der Waals surface area contributed by atoms with E-state index < -0.39 is 0 Å². The quantitative estimate of drug-likeness (QED) is 0.519. The molecule has 3 aromatic rings. The Kier molecular flexibility index (Phi) is 6.07. The molecule has 35 heavy (non-hydrogen) atoms. The number of carbonyl (C=O) groups is 1. The fourth-order valence-electron chi connectivity index (χ4n) is 4.56. The van der Waals surface area contributed by atoms with Gasteiger partial charge in [0.1, 0.15) is 23.0 Å². The number of aliphatic imine (C=N–C) groups is 1. The minimum absolute atomic E-state index is 0.000354. The number of aryl methyl sites for hydroxylation is 2. The molecule has 2 amide bonds. The van der Waals surface area contributed by atoms with Gasteiger partial charge in [-0.3, -0.25) is 0 Å². The van der Waals surface area contributed by atoms with Crippen molar-refractivity contribution in [2.24, 2.45) is 4.99 Å². The summed E-state index contributed by atoms with van der Waals surface area (Å²) in [5, 5.41) is 3.00. The van der Waals surface area contributed by atoms with Crippen LogP contribution in [0.1, 0.15) is 23.6 Å². The van der Waals surface area contributed by atoms with Gasteiger partial charge in [-0.15, -0.1) is 0 Å². The topological polar surface area (TPSA) is 66.4 Å². The number of anilines is 1. The Morgan fingerprint density at radius 2 is 1.74 bits per heavy atom. The molecule has 1 N–H and O–H groups in total. The molecular weight excluding hydrogens is 440 g/mol. The largest absolute Gasteiger partial charge is 0.497 e. The van der Waals surface area contributed by atoms with Gasteiger partial charge in [-0.1, -0.05) is 17.7 Å². The van der Waals surface area contributed by atoms with Crippen molar-refractivity contribution in [1.29, 1.82) is 0 Å². The summed E-state index contributed by atoms with van der Waals surface area (Å²) in [4.78, 5) is 22.2. The second-order valence-corrected chi connectivity index (χ2v) is 9.16. The van der Waals surface area contributed by atoms with E-state index >= 15 is 0 Å². The van der Waals surface area contributed by atoms with Gasteiger partial charge in [0, 0.05) is 31.4 Å². The Morgan fingerprint density at radius 1 is 1.00 bits per heavy atom. The van der Waals surface area contributed by atoms with E-state index in [0.717, 1.165) is 51.1 Å². The van der Waals surface area contributed by atoms with Gasteiger partial charge in [-0.05, 0) is 74.9 Å². The second-order valence-electron chi connectivity index (χ2n) is 9.16. The summed E-state index contributed by atoms with van der Waals surface area (Å²) in [7, 11) is 1.62. The molecule has 0 spiro atoms. The van der Waals surface area contributed by atoms with Crippen LogP contribution in [0.25, 0.3) is 0 Å². The van der Waals surface area contributed by atoms with Gasteiger partial charge in [0.25, 0.3) is 0 Å². The van der Waals surface area contributed by atoms with Crippen LogP contribution >= 0.6 is 0 Å². The maximum Gasteiger partial charge on any atom is 0.322 e. The minimum Gasteiger partial charge on any atom is -0.497 e. The zero-order valence-electron chi connectivity index (χ0n) is 20.5. The molecule has 7 nitrogen and oxygen atoms in total. The average Bonchev–Trinajstić information content (AvgIpc) is 3.00. The molecule has 7 heteroatoms. The fourth-order valence-corrected chi connectivity index (χ4v) is 4.56. The maximum absolute atomic E-state index is 13.0. The number of amides is 2. The highest BCUT2D eigenvalue weighted by Gasteiger charge is 2.31. The first kappa shape index (κ1) is 22.8. The molecule has 0 unspecified atom stereocenters. The molecule has 2 heterocycles. The lowest BCUT2D eigenvalue weighted by Gasteiger charge is -2.41. The highest BCUT2D eigenvalue weighted by atomic mass is 16.5. The molecule has 1 fully saturated rings. The van der Waals surface area contributed by atoms with Crippen molar-refractivity contribution in [2.75, 3.05) is 32.1 Å². The van der Waals surface area contributed by atoms with Crippen LogP contribution in [0.2, 0.25) is 0 Å². The van der Waals surface area contributed by atoms with E-state index in [2.05, 4.69) is 42.3 Å². The zero-order chi connectivity index (χ0) is 24.5. The van der Waals surface area contributed by atoms with Crippen LogP contribution in [0.4, 0.5) is 16.2 Å². The third-order valence-corrected chi connectivity index (χ3v) is 6.47. The molecule has 0 aromatic heterocycles. The van der Waals surface area contributed by atoms with Gasteiger partial charge in [-0.25, -0.2) is 9.79 Å². The molecule has 1 atom stereocenters. The maximum atomic E-state index is 13.0. The zero-order valence-corrected chi connectivity index (χ0v) is 20.5. The van der Waals surface area contributed by atoms with Crippen molar-refractivity contribution >= 4 is 23.2 Å². The molecule has 5 rings (SSSR count). The van der Waals surface area contributed by atoms with E-state index in [1.807, 2.05) is 54.3 Å². The number of rotatable bonds is 2. The van der Waals surface area contributed by atoms with Crippen LogP contribution in [-0.4, -0.2) is 54.5 Å². The van der Waals surface area contributed by atoms with Crippen LogP contribution in [0, 0.1) is 13.8 Å². The van der Waals surface area contributed by atoms with Crippen LogP contribution in [0.5, 0.6) is 17.2 Å². The standard InChI is InChI=1S/C28H30N4O3/c1-18-6-12-25-23(15-18)27(30-24-11-5-19(2)16-26(24)35-25)31-13-14-32(20(3)17-31)28(33)29-21-7-9-22(34-4)10-8-21/h5-12,15-16,20H,13-14,17H2,1-4H3,(H,29,33)/t20-/m1/s1. The molecule has 0 bridgehead atoms.